The van der Waals surface area contributed by atoms with Crippen LogP contribution in [0.4, 0.5) is 9.18 Å². The maximum absolute atomic E-state index is 13.5. The molecule has 0 aliphatic heterocycles. The zero-order chi connectivity index (χ0) is 17.2. The average Bonchev–Trinajstić information content (AvgIpc) is 2.60. The van der Waals surface area contributed by atoms with Gasteiger partial charge < -0.3 is 15.4 Å². The number of carbonyl (C=O) groups excluding carboxylic acids is 1. The fourth-order valence-electron chi connectivity index (χ4n) is 2.33. The predicted molar refractivity (Wildman–Crippen MR) is 92.1 cm³/mol. The predicted octanol–water partition coefficient (Wildman–Crippen LogP) is 3.40. The van der Waals surface area contributed by atoms with Crippen molar-refractivity contribution in [3.05, 3.63) is 71.0 Å². The van der Waals surface area contributed by atoms with Crippen LogP contribution in [0, 0.1) is 5.82 Å². The van der Waals surface area contributed by atoms with Crippen LogP contribution in [-0.4, -0.2) is 19.2 Å². The maximum Gasteiger partial charge on any atom is 0.315 e. The van der Waals surface area contributed by atoms with Gasteiger partial charge in [0.05, 0.1) is 6.61 Å². The molecule has 0 aliphatic rings. The van der Waals surface area contributed by atoms with Crippen molar-refractivity contribution in [2.24, 2.45) is 0 Å². The standard InChI is InChI=1S/C19H23FN2O2/c1-2-24-14-17-9-4-3-8-16(17)13-22-19(23)21-12-11-15-7-5-6-10-18(15)20/h3-10H,2,11-14H2,1H3,(H2,21,22,23). The van der Waals surface area contributed by atoms with Gasteiger partial charge in [0, 0.05) is 19.7 Å². The summed E-state index contributed by atoms with van der Waals surface area (Å²) >= 11 is 0. The molecule has 2 amide bonds. The Hall–Kier alpha value is -2.40. The lowest BCUT2D eigenvalue weighted by atomic mass is 10.1. The first-order chi connectivity index (χ1) is 11.7. The van der Waals surface area contributed by atoms with E-state index < -0.39 is 0 Å². The maximum atomic E-state index is 13.5. The smallest absolute Gasteiger partial charge is 0.315 e. The molecule has 0 unspecified atom stereocenters. The molecule has 0 fully saturated rings. The largest absolute Gasteiger partial charge is 0.377 e. The summed E-state index contributed by atoms with van der Waals surface area (Å²) in [5.41, 5.74) is 2.68. The fraction of sp³-hybridized carbons (Fsp3) is 0.316. The molecule has 2 aromatic rings. The first kappa shape index (κ1) is 17.9. The Balaban J connectivity index is 1.76. The summed E-state index contributed by atoms with van der Waals surface area (Å²) in [5.74, 6) is -0.246. The van der Waals surface area contributed by atoms with Crippen molar-refractivity contribution in [2.75, 3.05) is 13.2 Å². The van der Waals surface area contributed by atoms with Gasteiger partial charge in [-0.15, -0.1) is 0 Å². The number of hydrogen-bond donors (Lipinski definition) is 2. The van der Waals surface area contributed by atoms with E-state index >= 15 is 0 Å². The van der Waals surface area contributed by atoms with Gasteiger partial charge in [-0.2, -0.15) is 0 Å². The molecule has 0 heterocycles. The van der Waals surface area contributed by atoms with Gasteiger partial charge in [0.1, 0.15) is 5.82 Å². The van der Waals surface area contributed by atoms with E-state index in [2.05, 4.69) is 10.6 Å². The van der Waals surface area contributed by atoms with Gasteiger partial charge in [0.15, 0.2) is 0 Å². The molecule has 2 N–H and O–H groups in total. The quantitative estimate of drug-likeness (QED) is 0.779. The third-order valence-corrected chi connectivity index (χ3v) is 3.66. The second kappa shape index (κ2) is 9.67. The Morgan fingerprint density at radius 3 is 2.38 bits per heavy atom. The molecule has 24 heavy (non-hydrogen) atoms. The van der Waals surface area contributed by atoms with Crippen molar-refractivity contribution < 1.29 is 13.9 Å². The van der Waals surface area contributed by atoms with Crippen LogP contribution in [0.25, 0.3) is 0 Å². The van der Waals surface area contributed by atoms with Gasteiger partial charge in [-0.05, 0) is 36.1 Å². The summed E-state index contributed by atoms with van der Waals surface area (Å²) in [6.45, 7) is 3.94. The number of benzene rings is 2. The summed E-state index contributed by atoms with van der Waals surface area (Å²) in [5, 5.41) is 5.56. The number of ether oxygens (including phenoxy) is 1. The van der Waals surface area contributed by atoms with Crippen molar-refractivity contribution in [3.8, 4) is 0 Å². The minimum absolute atomic E-state index is 0.246. The van der Waals surface area contributed by atoms with E-state index in [0.29, 0.717) is 38.3 Å². The molecule has 5 heteroatoms. The van der Waals surface area contributed by atoms with Gasteiger partial charge in [-0.3, -0.25) is 0 Å². The number of amides is 2. The highest BCUT2D eigenvalue weighted by atomic mass is 19.1. The number of carbonyl (C=O) groups is 1. The van der Waals surface area contributed by atoms with E-state index in [1.54, 1.807) is 18.2 Å². The van der Waals surface area contributed by atoms with Crippen LogP contribution in [0.3, 0.4) is 0 Å². The van der Waals surface area contributed by atoms with Crippen molar-refractivity contribution >= 4 is 6.03 Å². The first-order valence-corrected chi connectivity index (χ1v) is 8.10. The third-order valence-electron chi connectivity index (χ3n) is 3.66. The SMILES string of the molecule is CCOCc1ccccc1CNC(=O)NCCc1ccccc1F. The van der Waals surface area contributed by atoms with Gasteiger partial charge in [-0.1, -0.05) is 42.5 Å². The molecule has 0 saturated carbocycles. The lowest BCUT2D eigenvalue weighted by molar-refractivity contribution is 0.133. The molecule has 2 rings (SSSR count). The summed E-state index contributed by atoms with van der Waals surface area (Å²) in [4.78, 5) is 11.9. The molecule has 0 atom stereocenters. The molecule has 128 valence electrons. The molecule has 0 saturated heterocycles. The summed E-state index contributed by atoms with van der Waals surface area (Å²) in [6, 6.07) is 14.2. The van der Waals surface area contributed by atoms with Crippen LogP contribution in [-0.2, 0) is 24.3 Å². The molecule has 2 aromatic carbocycles. The van der Waals surface area contributed by atoms with Crippen molar-refractivity contribution in [2.45, 2.75) is 26.5 Å². The molecular weight excluding hydrogens is 307 g/mol. The van der Waals surface area contributed by atoms with Crippen LogP contribution < -0.4 is 10.6 Å². The Bertz CT molecular complexity index is 661. The number of rotatable bonds is 8. The van der Waals surface area contributed by atoms with E-state index in [4.69, 9.17) is 4.74 Å². The summed E-state index contributed by atoms with van der Waals surface area (Å²) in [7, 11) is 0. The van der Waals surface area contributed by atoms with Crippen LogP contribution in [0.5, 0.6) is 0 Å². The van der Waals surface area contributed by atoms with Gasteiger partial charge in [0.2, 0.25) is 0 Å². The lowest BCUT2D eigenvalue weighted by Gasteiger charge is -2.11. The molecule has 4 nitrogen and oxygen atoms in total. The third kappa shape index (κ3) is 5.66. The summed E-state index contributed by atoms with van der Waals surface area (Å²) in [6.07, 6.45) is 0.459. The zero-order valence-electron chi connectivity index (χ0n) is 13.8. The number of hydrogen-bond acceptors (Lipinski definition) is 2. The van der Waals surface area contributed by atoms with Gasteiger partial charge in [0.25, 0.3) is 0 Å². The average molecular weight is 330 g/mol. The second-order valence-corrected chi connectivity index (χ2v) is 5.36. The van der Waals surface area contributed by atoms with E-state index in [0.717, 1.165) is 11.1 Å². The van der Waals surface area contributed by atoms with Crippen molar-refractivity contribution in [1.82, 2.24) is 10.6 Å². The first-order valence-electron chi connectivity index (χ1n) is 8.10. The highest BCUT2D eigenvalue weighted by Crippen LogP contribution is 2.10. The van der Waals surface area contributed by atoms with Crippen LogP contribution in [0.2, 0.25) is 0 Å². The molecule has 0 aliphatic carbocycles. The lowest BCUT2D eigenvalue weighted by Crippen LogP contribution is -2.36. The molecule has 0 bridgehead atoms. The van der Waals surface area contributed by atoms with Crippen LogP contribution in [0.1, 0.15) is 23.6 Å². The van der Waals surface area contributed by atoms with E-state index in [1.807, 2.05) is 31.2 Å². The van der Waals surface area contributed by atoms with Crippen LogP contribution in [0.15, 0.2) is 48.5 Å². The van der Waals surface area contributed by atoms with Crippen molar-refractivity contribution in [1.29, 1.82) is 0 Å². The number of urea groups is 1. The molecule has 0 radical (unpaired) electrons. The molecule has 0 aromatic heterocycles. The second-order valence-electron chi connectivity index (χ2n) is 5.36. The normalized spacial score (nSPS) is 10.4. The summed E-state index contributed by atoms with van der Waals surface area (Å²) < 4.78 is 18.9. The Morgan fingerprint density at radius 2 is 1.67 bits per heavy atom. The molecule has 0 spiro atoms. The van der Waals surface area contributed by atoms with Crippen LogP contribution >= 0.6 is 0 Å². The Kier molecular flexibility index (Phi) is 7.23. The van der Waals surface area contributed by atoms with Gasteiger partial charge in [-0.25, -0.2) is 9.18 Å². The highest BCUT2D eigenvalue weighted by molar-refractivity contribution is 5.73. The Morgan fingerprint density at radius 1 is 1.00 bits per heavy atom. The van der Waals surface area contributed by atoms with Crippen molar-refractivity contribution in [3.63, 3.8) is 0 Å². The Labute approximate surface area is 142 Å². The van der Waals surface area contributed by atoms with E-state index in [-0.39, 0.29) is 11.8 Å². The topological polar surface area (TPSA) is 50.4 Å². The number of nitrogens with one attached hydrogen (secondary N) is 2. The minimum Gasteiger partial charge on any atom is -0.377 e. The van der Waals surface area contributed by atoms with Gasteiger partial charge >= 0.3 is 6.03 Å². The van der Waals surface area contributed by atoms with E-state index in [1.165, 1.54) is 6.07 Å². The fourth-order valence-corrected chi connectivity index (χ4v) is 2.33. The highest BCUT2D eigenvalue weighted by Gasteiger charge is 2.05. The zero-order valence-corrected chi connectivity index (χ0v) is 13.8. The van der Waals surface area contributed by atoms with E-state index in [9.17, 15) is 9.18 Å². The minimum atomic E-state index is -0.266. The number of halogens is 1. The monoisotopic (exact) mass is 330 g/mol. The molecular formula is C19H23FN2O2.